The second-order valence-electron chi connectivity index (χ2n) is 4.59. The quantitative estimate of drug-likeness (QED) is 0.839. The lowest BCUT2D eigenvalue weighted by Crippen LogP contribution is -2.13. The Kier molecular flexibility index (Phi) is 5.44. The Morgan fingerprint density at radius 3 is 2.22 bits per heavy atom. The average molecular weight is 339 g/mol. The van der Waals surface area contributed by atoms with Crippen LogP contribution in [0.2, 0.25) is 0 Å². The smallest absolute Gasteiger partial charge is 0.261 e. The topological polar surface area (TPSA) is 64.6 Å². The molecule has 2 aromatic rings. The molecule has 0 saturated carbocycles. The molecule has 0 saturated heterocycles. The van der Waals surface area contributed by atoms with Crippen LogP contribution in [0.1, 0.15) is 13.8 Å². The molecule has 0 aliphatic carbocycles. The molecule has 23 heavy (non-hydrogen) atoms. The van der Waals surface area contributed by atoms with Gasteiger partial charge in [-0.05, 0) is 50.2 Å². The van der Waals surface area contributed by atoms with Gasteiger partial charge in [0, 0.05) is 6.07 Å². The monoisotopic (exact) mass is 339 g/mol. The summed E-state index contributed by atoms with van der Waals surface area (Å²) in [4.78, 5) is 0.0650. The Balaban J connectivity index is 2.19. The number of ether oxygens (including phenoxy) is 2. The van der Waals surface area contributed by atoms with Gasteiger partial charge in [0.15, 0.2) is 11.6 Å². The minimum Gasteiger partial charge on any atom is -0.494 e. The van der Waals surface area contributed by atoms with E-state index in [2.05, 4.69) is 4.72 Å². The summed E-state index contributed by atoms with van der Waals surface area (Å²) in [5.74, 6) is 0.0359. The lowest BCUT2D eigenvalue weighted by molar-refractivity contribution is 0.321. The molecule has 0 unspecified atom stereocenters. The van der Waals surface area contributed by atoms with Crippen molar-refractivity contribution >= 4 is 15.7 Å². The van der Waals surface area contributed by atoms with E-state index >= 15 is 0 Å². The maximum Gasteiger partial charge on any atom is 0.261 e. The maximum absolute atomic E-state index is 13.8. The first kappa shape index (κ1) is 17.1. The minimum absolute atomic E-state index is 0.0650. The van der Waals surface area contributed by atoms with Gasteiger partial charge < -0.3 is 9.47 Å². The Morgan fingerprint density at radius 1 is 1.00 bits per heavy atom. The molecule has 7 heteroatoms. The van der Waals surface area contributed by atoms with Crippen molar-refractivity contribution in [3.8, 4) is 11.5 Å². The zero-order valence-corrected chi connectivity index (χ0v) is 13.7. The molecule has 0 aromatic heterocycles. The number of nitrogens with one attached hydrogen (secondary N) is 1. The van der Waals surface area contributed by atoms with Crippen LogP contribution in [-0.4, -0.2) is 21.6 Å². The zero-order chi connectivity index (χ0) is 16.9. The highest BCUT2D eigenvalue weighted by atomic mass is 32.2. The van der Waals surface area contributed by atoms with Crippen molar-refractivity contribution in [2.45, 2.75) is 18.7 Å². The lowest BCUT2D eigenvalue weighted by atomic mass is 10.3. The van der Waals surface area contributed by atoms with Gasteiger partial charge in [0.25, 0.3) is 10.0 Å². The van der Waals surface area contributed by atoms with Crippen molar-refractivity contribution in [1.82, 2.24) is 0 Å². The minimum atomic E-state index is -3.80. The van der Waals surface area contributed by atoms with E-state index in [1.165, 1.54) is 24.3 Å². The van der Waals surface area contributed by atoms with Crippen LogP contribution >= 0.6 is 0 Å². The van der Waals surface area contributed by atoms with E-state index in [1.807, 2.05) is 6.92 Å². The van der Waals surface area contributed by atoms with Crippen LogP contribution in [0.4, 0.5) is 10.1 Å². The number of anilines is 1. The molecule has 2 aromatic carbocycles. The van der Waals surface area contributed by atoms with Gasteiger partial charge in [0.05, 0.1) is 23.8 Å². The first-order chi connectivity index (χ1) is 11.0. The van der Waals surface area contributed by atoms with E-state index in [9.17, 15) is 12.8 Å². The van der Waals surface area contributed by atoms with Gasteiger partial charge in [-0.15, -0.1) is 0 Å². The highest BCUT2D eigenvalue weighted by molar-refractivity contribution is 7.92. The Labute approximate surface area is 135 Å². The molecular weight excluding hydrogens is 321 g/mol. The van der Waals surface area contributed by atoms with Crippen molar-refractivity contribution in [1.29, 1.82) is 0 Å². The molecule has 124 valence electrons. The predicted molar refractivity (Wildman–Crippen MR) is 86.0 cm³/mol. The fraction of sp³-hybridized carbons (Fsp3) is 0.250. The molecule has 2 rings (SSSR count). The number of rotatable bonds is 7. The van der Waals surface area contributed by atoms with Crippen molar-refractivity contribution in [3.05, 3.63) is 48.3 Å². The maximum atomic E-state index is 13.8. The van der Waals surface area contributed by atoms with Crippen LogP contribution in [0.15, 0.2) is 47.4 Å². The van der Waals surface area contributed by atoms with Crippen molar-refractivity contribution in [2.75, 3.05) is 17.9 Å². The summed E-state index contributed by atoms with van der Waals surface area (Å²) < 4.78 is 51.0. The van der Waals surface area contributed by atoms with E-state index in [-0.39, 0.29) is 16.3 Å². The molecule has 0 aliphatic rings. The van der Waals surface area contributed by atoms with Crippen molar-refractivity contribution < 1.29 is 22.3 Å². The van der Waals surface area contributed by atoms with E-state index in [0.717, 1.165) is 6.07 Å². The summed E-state index contributed by atoms with van der Waals surface area (Å²) in [5, 5.41) is 0. The number of hydrogen-bond acceptors (Lipinski definition) is 4. The summed E-state index contributed by atoms with van der Waals surface area (Å²) in [5.41, 5.74) is 0.125. The normalized spacial score (nSPS) is 11.1. The van der Waals surface area contributed by atoms with Crippen molar-refractivity contribution in [3.63, 3.8) is 0 Å². The summed E-state index contributed by atoms with van der Waals surface area (Å²) in [6.45, 7) is 4.40. The molecular formula is C16H18FNO4S. The van der Waals surface area contributed by atoms with E-state index in [4.69, 9.17) is 9.47 Å². The van der Waals surface area contributed by atoms with Gasteiger partial charge in [-0.3, -0.25) is 4.72 Å². The fourth-order valence-corrected chi connectivity index (χ4v) is 2.98. The number of hydrogen-bond donors (Lipinski definition) is 1. The van der Waals surface area contributed by atoms with Crippen LogP contribution in [-0.2, 0) is 10.0 Å². The number of benzene rings is 2. The molecule has 1 N–H and O–H groups in total. The third-order valence-corrected chi connectivity index (χ3v) is 4.33. The lowest BCUT2D eigenvalue weighted by Gasteiger charge is -2.10. The first-order valence-corrected chi connectivity index (χ1v) is 8.62. The standard InChI is InChI=1S/C16H18FNO4S/c1-3-21-13-6-8-14(9-7-13)23(19,20)18-12-5-10-16(22-4-2)15(17)11-12/h5-11,18H,3-4H2,1-2H3. The van der Waals surface area contributed by atoms with Gasteiger partial charge in [0.1, 0.15) is 5.75 Å². The molecule has 5 nitrogen and oxygen atoms in total. The van der Waals surface area contributed by atoms with Gasteiger partial charge in [-0.1, -0.05) is 0 Å². The molecule has 0 heterocycles. The largest absolute Gasteiger partial charge is 0.494 e. The van der Waals surface area contributed by atoms with Gasteiger partial charge in [0.2, 0.25) is 0 Å². The Morgan fingerprint density at radius 2 is 1.65 bits per heavy atom. The second kappa shape index (κ2) is 7.32. The van der Waals surface area contributed by atoms with Crippen LogP contribution in [0.25, 0.3) is 0 Å². The third kappa shape index (κ3) is 4.35. The summed E-state index contributed by atoms with van der Waals surface area (Å²) in [6.07, 6.45) is 0. The zero-order valence-electron chi connectivity index (χ0n) is 12.9. The third-order valence-electron chi connectivity index (χ3n) is 2.93. The average Bonchev–Trinajstić information content (AvgIpc) is 2.51. The SMILES string of the molecule is CCOc1ccc(S(=O)(=O)Nc2ccc(OCC)c(F)c2)cc1. The Bertz CT molecular complexity index is 760. The van der Waals surface area contributed by atoms with Gasteiger partial charge in [-0.25, -0.2) is 12.8 Å². The van der Waals surface area contributed by atoms with Crippen molar-refractivity contribution in [2.24, 2.45) is 0 Å². The molecule has 0 atom stereocenters. The van der Waals surface area contributed by atoms with Gasteiger partial charge in [-0.2, -0.15) is 0 Å². The van der Waals surface area contributed by atoms with E-state index in [1.54, 1.807) is 19.1 Å². The molecule has 0 amide bonds. The van der Waals surface area contributed by atoms with Crippen LogP contribution in [0.3, 0.4) is 0 Å². The van der Waals surface area contributed by atoms with Crippen LogP contribution < -0.4 is 14.2 Å². The second-order valence-corrected chi connectivity index (χ2v) is 6.27. The predicted octanol–water partition coefficient (Wildman–Crippen LogP) is 3.42. The number of halogens is 1. The van der Waals surface area contributed by atoms with E-state index < -0.39 is 15.8 Å². The fourth-order valence-electron chi connectivity index (χ4n) is 1.93. The van der Waals surface area contributed by atoms with Gasteiger partial charge >= 0.3 is 0 Å². The molecule has 0 aliphatic heterocycles. The molecule has 0 spiro atoms. The molecule has 0 radical (unpaired) electrons. The first-order valence-electron chi connectivity index (χ1n) is 7.14. The van der Waals surface area contributed by atoms with E-state index in [0.29, 0.717) is 19.0 Å². The van der Waals surface area contributed by atoms with Crippen LogP contribution in [0, 0.1) is 5.82 Å². The highest BCUT2D eigenvalue weighted by Crippen LogP contribution is 2.24. The van der Waals surface area contributed by atoms with Crippen LogP contribution in [0.5, 0.6) is 11.5 Å². The Hall–Kier alpha value is -2.28. The molecule has 0 fully saturated rings. The number of sulfonamides is 1. The molecule has 0 bridgehead atoms. The highest BCUT2D eigenvalue weighted by Gasteiger charge is 2.15. The summed E-state index contributed by atoms with van der Waals surface area (Å²) >= 11 is 0. The summed E-state index contributed by atoms with van der Waals surface area (Å²) in [6, 6.07) is 9.90. The summed E-state index contributed by atoms with van der Waals surface area (Å²) in [7, 11) is -3.80.